The van der Waals surface area contributed by atoms with E-state index in [1.54, 1.807) is 0 Å². The molecular formula is C32H40Cl2HfSi-2. The van der Waals surface area contributed by atoms with E-state index in [2.05, 4.69) is 140 Å². The van der Waals surface area contributed by atoms with Crippen LogP contribution in [0.2, 0.25) is 13.1 Å². The number of hydrogen-bond acceptors (Lipinski definition) is 0. The van der Waals surface area contributed by atoms with Gasteiger partial charge in [-0.3, -0.25) is 12.2 Å². The first kappa shape index (κ1) is 35.1. The third-order valence-corrected chi connectivity index (χ3v) is 5.48. The van der Waals surface area contributed by atoms with Gasteiger partial charge in [-0.1, -0.05) is 102 Å². The summed E-state index contributed by atoms with van der Waals surface area (Å²) < 4.78 is 0. The summed E-state index contributed by atoms with van der Waals surface area (Å²) in [7, 11) is 0. The monoisotopic (exact) mass is 702 g/mol. The van der Waals surface area contributed by atoms with Crippen LogP contribution in [-0.4, -0.2) is 5.49 Å². The molecule has 4 heteroatoms. The first-order chi connectivity index (χ1) is 15.9. The Balaban J connectivity index is 0.000000566. The number of rotatable bonds is 2. The Kier molecular flexibility index (Phi) is 15.7. The van der Waals surface area contributed by atoms with E-state index in [4.69, 9.17) is 0 Å². The Labute approximate surface area is 248 Å². The van der Waals surface area contributed by atoms with Crippen molar-refractivity contribution in [1.29, 1.82) is 0 Å². The predicted octanol–water partition coefficient (Wildman–Crippen LogP) is 3.29. The Hall–Kier alpha value is -0.933. The maximum atomic E-state index is 3.47. The van der Waals surface area contributed by atoms with Gasteiger partial charge in [-0.15, -0.1) is 24.0 Å². The Bertz CT molecular complexity index is 993. The van der Waals surface area contributed by atoms with Gasteiger partial charge in [-0.25, -0.2) is 23.3 Å². The van der Waals surface area contributed by atoms with Crippen molar-refractivity contribution in [3.05, 3.63) is 107 Å². The molecule has 0 N–H and O–H groups in total. The molecule has 0 fully saturated rings. The largest absolute Gasteiger partial charge is 1.00 e. The summed E-state index contributed by atoms with van der Waals surface area (Å²) >= 11 is 1.45. The third kappa shape index (κ3) is 12.1. The van der Waals surface area contributed by atoms with E-state index >= 15 is 0 Å². The second-order valence-electron chi connectivity index (χ2n) is 11.1. The second-order valence-corrected chi connectivity index (χ2v) is 23.9. The van der Waals surface area contributed by atoms with Crippen LogP contribution >= 0.6 is 0 Å². The van der Waals surface area contributed by atoms with Gasteiger partial charge >= 0.3 is 41.6 Å². The topological polar surface area (TPSA) is 0 Å². The van der Waals surface area contributed by atoms with Crippen molar-refractivity contribution in [2.45, 2.75) is 67.5 Å². The Morgan fingerprint density at radius 3 is 1.11 bits per heavy atom. The predicted molar refractivity (Wildman–Crippen MR) is 148 cm³/mol. The molecule has 0 unspecified atom stereocenters. The quantitative estimate of drug-likeness (QED) is 0.334. The van der Waals surface area contributed by atoms with Crippen molar-refractivity contribution in [1.82, 2.24) is 0 Å². The number of allylic oxidation sites excluding steroid dienone is 8. The number of halogens is 2. The van der Waals surface area contributed by atoms with Crippen LogP contribution in [0.1, 0.15) is 65.5 Å². The molecule has 0 heterocycles. The van der Waals surface area contributed by atoms with E-state index in [1.165, 1.54) is 56.4 Å². The second kappa shape index (κ2) is 16.1. The van der Waals surface area contributed by atoms with Gasteiger partial charge in [0.25, 0.3) is 0 Å². The van der Waals surface area contributed by atoms with Crippen molar-refractivity contribution in [2.24, 2.45) is 10.8 Å². The number of hydrogen-bond donors (Lipinski definition) is 0. The molecule has 4 rings (SSSR count). The van der Waals surface area contributed by atoms with Gasteiger partial charge in [-0.05, 0) is 22.0 Å². The Morgan fingerprint density at radius 2 is 0.889 bits per heavy atom. The SMILES string of the molecule is CC(C)(C)C1=[C-]CC(c2ccccc2)=C1.CC(C)(C)C1=[C-]CC(c2ccccc2)=C1.C[Si](C)=[Hf+2].[Cl-].[Cl-]. The summed E-state index contributed by atoms with van der Waals surface area (Å²) in [5.74, 6) is 0. The molecule has 0 spiro atoms. The van der Waals surface area contributed by atoms with Gasteiger partial charge in [0.05, 0.1) is 0 Å². The molecule has 2 aromatic rings. The van der Waals surface area contributed by atoms with Crippen molar-refractivity contribution in [3.63, 3.8) is 0 Å². The fourth-order valence-corrected chi connectivity index (χ4v) is 3.57. The standard InChI is InChI=1S/2C15H17.C2H6Si.2ClH.Hf/c2*1-15(2,3)14-10-9-13(11-14)12-7-5-4-6-8-12;1-3-2;;;/h2*4-8,11H,9H2,1-3H3;1-2H3;2*1H;/q2*-1;;;;+2/p-2. The molecule has 0 bridgehead atoms. The van der Waals surface area contributed by atoms with Crippen LogP contribution in [0.4, 0.5) is 0 Å². The molecule has 2 aromatic carbocycles. The van der Waals surface area contributed by atoms with E-state index in [9.17, 15) is 0 Å². The third-order valence-electron chi connectivity index (χ3n) is 5.48. The minimum absolute atomic E-state index is 0. The summed E-state index contributed by atoms with van der Waals surface area (Å²) in [6.07, 6.45) is 13.4. The van der Waals surface area contributed by atoms with Gasteiger partial charge in [0.1, 0.15) is 0 Å². The van der Waals surface area contributed by atoms with E-state index in [-0.39, 0.29) is 41.1 Å². The molecule has 0 nitrogen and oxygen atoms in total. The Morgan fingerprint density at radius 1 is 0.611 bits per heavy atom. The van der Waals surface area contributed by atoms with Gasteiger partial charge in [-0.2, -0.15) is 0 Å². The minimum Gasteiger partial charge on any atom is -1.00 e. The molecule has 2 aliphatic carbocycles. The van der Waals surface area contributed by atoms with Crippen LogP contribution in [-0.2, 0) is 23.0 Å². The van der Waals surface area contributed by atoms with E-state index < -0.39 is 0 Å². The van der Waals surface area contributed by atoms with Crippen LogP contribution < -0.4 is 24.8 Å². The van der Waals surface area contributed by atoms with Gasteiger partial charge in [0, 0.05) is 0 Å². The molecule has 192 valence electrons. The average molecular weight is 702 g/mol. The van der Waals surface area contributed by atoms with Crippen LogP contribution in [0.5, 0.6) is 0 Å². The first-order valence-corrected chi connectivity index (χ1v) is 20.0. The van der Waals surface area contributed by atoms with E-state index in [1.807, 2.05) is 0 Å². The zero-order valence-electron chi connectivity index (χ0n) is 23.1. The molecule has 0 saturated heterocycles. The average Bonchev–Trinajstić information content (AvgIpc) is 3.45. The van der Waals surface area contributed by atoms with Crippen molar-refractivity contribution in [3.8, 4) is 0 Å². The molecule has 36 heavy (non-hydrogen) atoms. The van der Waals surface area contributed by atoms with Crippen molar-refractivity contribution in [2.75, 3.05) is 0 Å². The molecule has 0 amide bonds. The van der Waals surface area contributed by atoms with Crippen LogP contribution in [0.25, 0.3) is 11.1 Å². The normalized spacial score (nSPS) is 14.3. The summed E-state index contributed by atoms with van der Waals surface area (Å²) in [6.45, 7) is 18.1. The fourth-order valence-electron chi connectivity index (χ4n) is 3.57. The molecule has 2 aliphatic rings. The maximum Gasteiger partial charge on any atom is -1.00 e. The molecule has 0 aliphatic heterocycles. The molecular weight excluding hydrogens is 662 g/mol. The zero-order valence-corrected chi connectivity index (χ0v) is 29.2. The van der Waals surface area contributed by atoms with E-state index in [0.717, 1.165) is 12.8 Å². The smallest absolute Gasteiger partial charge is 1.00 e. The van der Waals surface area contributed by atoms with Crippen molar-refractivity contribution >= 4 is 16.6 Å². The fraction of sp³-hybridized carbons (Fsp3) is 0.375. The summed E-state index contributed by atoms with van der Waals surface area (Å²) in [5, 5.41) is 0. The van der Waals surface area contributed by atoms with E-state index in [0.29, 0.717) is 0 Å². The van der Waals surface area contributed by atoms with Gasteiger partial charge in [0.2, 0.25) is 0 Å². The summed E-state index contributed by atoms with van der Waals surface area (Å²) in [5.41, 5.74) is 8.79. The number of benzene rings is 2. The zero-order chi connectivity index (χ0) is 25.4. The summed E-state index contributed by atoms with van der Waals surface area (Å²) in [6, 6.07) is 21.1. The van der Waals surface area contributed by atoms with Gasteiger partial charge < -0.3 is 24.8 Å². The van der Waals surface area contributed by atoms with Crippen molar-refractivity contribution < 1.29 is 47.8 Å². The molecule has 0 radical (unpaired) electrons. The summed E-state index contributed by atoms with van der Waals surface area (Å²) in [4.78, 5) is 0. The van der Waals surface area contributed by atoms with Gasteiger partial charge in [0.15, 0.2) is 0 Å². The van der Waals surface area contributed by atoms with Crippen LogP contribution in [0, 0.1) is 23.0 Å². The molecule has 0 atom stereocenters. The molecule has 0 aromatic heterocycles. The maximum absolute atomic E-state index is 3.47. The van der Waals surface area contributed by atoms with Crippen LogP contribution in [0.15, 0.2) is 84.0 Å². The molecule has 0 saturated carbocycles. The minimum atomic E-state index is 0. The first-order valence-electron chi connectivity index (χ1n) is 12.1. The van der Waals surface area contributed by atoms with Crippen LogP contribution in [0.3, 0.4) is 0 Å².